The molecule has 0 aromatic heterocycles. The van der Waals surface area contributed by atoms with Crippen LogP contribution in [0.15, 0.2) is 35.9 Å². The Morgan fingerprint density at radius 3 is 2.74 bits per heavy atom. The van der Waals surface area contributed by atoms with E-state index >= 15 is 0 Å². The van der Waals surface area contributed by atoms with E-state index in [1.165, 1.54) is 0 Å². The first kappa shape index (κ1) is 13.5. The van der Waals surface area contributed by atoms with E-state index in [1.54, 1.807) is 18.0 Å². The summed E-state index contributed by atoms with van der Waals surface area (Å²) in [5.41, 5.74) is 0.989. The van der Waals surface area contributed by atoms with E-state index in [4.69, 9.17) is 9.47 Å². The molecule has 1 heterocycles. The van der Waals surface area contributed by atoms with E-state index in [9.17, 15) is 4.79 Å². The molecule has 1 amide bonds. The number of amides is 1. The molecule has 0 aliphatic carbocycles. The Kier molecular flexibility index (Phi) is 4.10. The summed E-state index contributed by atoms with van der Waals surface area (Å²) in [6.07, 6.45) is 1.49. The van der Waals surface area contributed by atoms with Crippen molar-refractivity contribution in [1.29, 1.82) is 0 Å². The molecule has 0 radical (unpaired) electrons. The van der Waals surface area contributed by atoms with Crippen LogP contribution in [0.5, 0.6) is 11.5 Å². The Morgan fingerprint density at radius 2 is 2.05 bits per heavy atom. The van der Waals surface area contributed by atoms with Gasteiger partial charge in [0.2, 0.25) is 5.91 Å². The smallest absolute Gasteiger partial charge is 0.246 e. The highest BCUT2D eigenvalue weighted by molar-refractivity contribution is 5.87. The number of benzene rings is 1. The fourth-order valence-corrected chi connectivity index (χ4v) is 1.91. The number of carbonyl (C=O) groups is 1. The molecule has 0 bridgehead atoms. The second-order valence-electron chi connectivity index (χ2n) is 4.94. The average molecular weight is 261 g/mol. The van der Waals surface area contributed by atoms with E-state index in [2.05, 4.69) is 0 Å². The molecule has 0 fully saturated rings. The van der Waals surface area contributed by atoms with Gasteiger partial charge in [-0.1, -0.05) is 17.7 Å². The fraction of sp³-hybridized carbons (Fsp3) is 0.400. The molecule has 0 spiro atoms. The number of para-hydroxylation sites is 2. The van der Waals surface area contributed by atoms with Gasteiger partial charge in [-0.3, -0.25) is 4.79 Å². The van der Waals surface area contributed by atoms with E-state index < -0.39 is 0 Å². The van der Waals surface area contributed by atoms with Crippen LogP contribution in [0, 0.1) is 0 Å². The maximum absolute atomic E-state index is 11.8. The minimum absolute atomic E-state index is 0.0116. The zero-order valence-corrected chi connectivity index (χ0v) is 11.6. The molecule has 1 aromatic rings. The van der Waals surface area contributed by atoms with Gasteiger partial charge in [0.05, 0.1) is 6.54 Å². The predicted molar refractivity (Wildman–Crippen MR) is 73.4 cm³/mol. The lowest BCUT2D eigenvalue weighted by Gasteiger charge is -2.29. The molecule has 1 aliphatic rings. The summed E-state index contributed by atoms with van der Waals surface area (Å²) < 4.78 is 11.4. The van der Waals surface area contributed by atoms with Crippen molar-refractivity contribution in [3.05, 3.63) is 35.9 Å². The van der Waals surface area contributed by atoms with Crippen molar-refractivity contribution in [2.24, 2.45) is 0 Å². The lowest BCUT2D eigenvalue weighted by Crippen LogP contribution is -2.41. The number of nitrogens with zero attached hydrogens (tertiary/aromatic N) is 1. The number of fused-ring (bicyclic) bond motifs is 1. The molecule has 1 aromatic carbocycles. The molecule has 1 aliphatic heterocycles. The molecule has 19 heavy (non-hydrogen) atoms. The zero-order valence-electron chi connectivity index (χ0n) is 11.6. The summed E-state index contributed by atoms with van der Waals surface area (Å²) in [6.45, 7) is 4.78. The van der Waals surface area contributed by atoms with Crippen LogP contribution in [-0.2, 0) is 4.79 Å². The third kappa shape index (κ3) is 3.50. The molecule has 1 atom stereocenters. The highest BCUT2D eigenvalue weighted by Crippen LogP contribution is 2.30. The quantitative estimate of drug-likeness (QED) is 0.783. The lowest BCUT2D eigenvalue weighted by molar-refractivity contribution is -0.126. The Bertz CT molecular complexity index is 492. The van der Waals surface area contributed by atoms with Crippen LogP contribution in [0.1, 0.15) is 13.8 Å². The molecule has 0 saturated heterocycles. The number of ether oxygens (including phenoxy) is 2. The summed E-state index contributed by atoms with van der Waals surface area (Å²) in [4.78, 5) is 13.5. The Balaban J connectivity index is 1.95. The second kappa shape index (κ2) is 5.78. The number of carbonyl (C=O) groups excluding carboxylic acids is 1. The van der Waals surface area contributed by atoms with E-state index in [1.807, 2.05) is 38.1 Å². The summed E-state index contributed by atoms with van der Waals surface area (Å²) in [5, 5.41) is 0. The normalized spacial score (nSPS) is 16.7. The Morgan fingerprint density at radius 1 is 1.37 bits per heavy atom. The average Bonchev–Trinajstić information content (AvgIpc) is 2.37. The van der Waals surface area contributed by atoms with Gasteiger partial charge < -0.3 is 14.4 Å². The standard InChI is InChI=1S/C15H19NO3/c1-11(2)8-15(17)16(3)9-12-10-18-13-6-4-5-7-14(13)19-12/h4-8,12H,9-10H2,1-3H3. The topological polar surface area (TPSA) is 38.8 Å². The molecule has 4 nitrogen and oxygen atoms in total. The van der Waals surface area contributed by atoms with Crippen LogP contribution in [-0.4, -0.2) is 37.1 Å². The van der Waals surface area contributed by atoms with Gasteiger partial charge in [0, 0.05) is 13.1 Å². The van der Waals surface area contributed by atoms with Crippen molar-refractivity contribution in [2.75, 3.05) is 20.2 Å². The van der Waals surface area contributed by atoms with Crippen molar-refractivity contribution in [3.8, 4) is 11.5 Å². The Labute approximate surface area is 113 Å². The van der Waals surface area contributed by atoms with Crippen LogP contribution in [0.4, 0.5) is 0 Å². The summed E-state index contributed by atoms with van der Waals surface area (Å²) in [6, 6.07) is 7.57. The van der Waals surface area contributed by atoms with Gasteiger partial charge in [-0.05, 0) is 26.0 Å². The van der Waals surface area contributed by atoms with Crippen LogP contribution in [0.25, 0.3) is 0 Å². The molecule has 1 unspecified atom stereocenters. The van der Waals surface area contributed by atoms with Gasteiger partial charge in [-0.15, -0.1) is 0 Å². The number of allylic oxidation sites excluding steroid dienone is 1. The molecule has 2 rings (SSSR count). The number of likely N-dealkylation sites (N-methyl/N-ethyl adjacent to an activating group) is 1. The van der Waals surface area contributed by atoms with Crippen LogP contribution >= 0.6 is 0 Å². The van der Waals surface area contributed by atoms with Crippen LogP contribution in [0.3, 0.4) is 0 Å². The third-order valence-corrected chi connectivity index (χ3v) is 2.83. The molecular formula is C15H19NO3. The first-order chi connectivity index (χ1) is 9.06. The second-order valence-corrected chi connectivity index (χ2v) is 4.94. The first-order valence-corrected chi connectivity index (χ1v) is 6.34. The zero-order chi connectivity index (χ0) is 13.8. The van der Waals surface area contributed by atoms with Crippen molar-refractivity contribution < 1.29 is 14.3 Å². The fourth-order valence-electron chi connectivity index (χ4n) is 1.91. The monoisotopic (exact) mass is 261 g/mol. The van der Waals surface area contributed by atoms with E-state index in [0.29, 0.717) is 13.2 Å². The highest BCUT2D eigenvalue weighted by atomic mass is 16.6. The van der Waals surface area contributed by atoms with Crippen molar-refractivity contribution in [1.82, 2.24) is 4.90 Å². The summed E-state index contributed by atoms with van der Waals surface area (Å²) >= 11 is 0. The highest BCUT2D eigenvalue weighted by Gasteiger charge is 2.22. The third-order valence-electron chi connectivity index (χ3n) is 2.83. The van der Waals surface area contributed by atoms with Gasteiger partial charge in [0.15, 0.2) is 17.6 Å². The molecule has 0 saturated carbocycles. The molecule has 0 N–H and O–H groups in total. The van der Waals surface area contributed by atoms with Crippen molar-refractivity contribution >= 4 is 5.91 Å². The molecule has 102 valence electrons. The minimum atomic E-state index is -0.130. The maximum Gasteiger partial charge on any atom is 0.246 e. The van der Waals surface area contributed by atoms with Gasteiger partial charge >= 0.3 is 0 Å². The lowest BCUT2D eigenvalue weighted by atomic mass is 10.2. The minimum Gasteiger partial charge on any atom is -0.486 e. The maximum atomic E-state index is 11.8. The van der Waals surface area contributed by atoms with Crippen molar-refractivity contribution in [3.63, 3.8) is 0 Å². The Hall–Kier alpha value is -1.97. The van der Waals surface area contributed by atoms with Gasteiger partial charge in [-0.25, -0.2) is 0 Å². The number of hydrogen-bond acceptors (Lipinski definition) is 3. The van der Waals surface area contributed by atoms with Crippen molar-refractivity contribution in [2.45, 2.75) is 20.0 Å². The molecular weight excluding hydrogens is 242 g/mol. The van der Waals surface area contributed by atoms with E-state index in [-0.39, 0.29) is 12.0 Å². The van der Waals surface area contributed by atoms with Gasteiger partial charge in [0.1, 0.15) is 6.61 Å². The molecule has 4 heteroatoms. The summed E-state index contributed by atoms with van der Waals surface area (Å²) in [5.74, 6) is 1.49. The first-order valence-electron chi connectivity index (χ1n) is 6.34. The van der Waals surface area contributed by atoms with Gasteiger partial charge in [0.25, 0.3) is 0 Å². The number of hydrogen-bond donors (Lipinski definition) is 0. The largest absolute Gasteiger partial charge is 0.486 e. The number of rotatable bonds is 3. The summed E-state index contributed by atoms with van der Waals surface area (Å²) in [7, 11) is 1.77. The predicted octanol–water partition coefficient (Wildman–Crippen LogP) is 2.25. The van der Waals surface area contributed by atoms with E-state index in [0.717, 1.165) is 17.1 Å². The van der Waals surface area contributed by atoms with Crippen LogP contribution < -0.4 is 9.47 Å². The SMILES string of the molecule is CC(C)=CC(=O)N(C)CC1COc2ccccc2O1. The van der Waals surface area contributed by atoms with Crippen LogP contribution in [0.2, 0.25) is 0 Å². The van der Waals surface area contributed by atoms with Gasteiger partial charge in [-0.2, -0.15) is 0 Å².